The van der Waals surface area contributed by atoms with Gasteiger partial charge in [0.05, 0.1) is 13.7 Å². The highest BCUT2D eigenvalue weighted by Crippen LogP contribution is 2.22. The lowest BCUT2D eigenvalue weighted by Gasteiger charge is -2.31. The van der Waals surface area contributed by atoms with Crippen LogP contribution in [0.1, 0.15) is 24.0 Å². The van der Waals surface area contributed by atoms with Gasteiger partial charge in [-0.15, -0.1) is 0 Å². The molecule has 0 radical (unpaired) electrons. The summed E-state index contributed by atoms with van der Waals surface area (Å²) in [5.41, 5.74) is 1.33. The first-order valence-corrected chi connectivity index (χ1v) is 10.1. The van der Waals surface area contributed by atoms with Crippen molar-refractivity contribution in [2.75, 3.05) is 33.3 Å². The Bertz CT molecular complexity index is 783. The molecular weight excluding hydrogens is 374 g/mol. The Hall–Kier alpha value is -2.47. The topological polar surface area (TPSA) is 41.6 Å². The van der Waals surface area contributed by atoms with Crippen LogP contribution in [-0.2, 0) is 17.6 Å². The zero-order chi connectivity index (χ0) is 20.6. The first kappa shape index (κ1) is 21.2. The molecule has 4 nitrogen and oxygen atoms in total. The number of rotatable bonds is 8. The van der Waals surface area contributed by atoms with Crippen molar-refractivity contribution in [3.63, 3.8) is 0 Å². The molecule has 2 aromatic rings. The third-order valence-corrected chi connectivity index (χ3v) is 5.52. The molecule has 0 atom stereocenters. The van der Waals surface area contributed by atoms with Gasteiger partial charge in [0.2, 0.25) is 5.91 Å². The number of nitrogens with zero attached hydrogens (tertiary/aromatic N) is 1. The molecule has 0 saturated carbocycles. The van der Waals surface area contributed by atoms with E-state index < -0.39 is 11.6 Å². The average molecular weight is 402 g/mol. The molecule has 1 fully saturated rings. The predicted molar refractivity (Wildman–Crippen MR) is 109 cm³/mol. The number of methoxy groups -OCH3 is 1. The summed E-state index contributed by atoms with van der Waals surface area (Å²) in [4.78, 5) is 14.3. The van der Waals surface area contributed by atoms with E-state index in [9.17, 15) is 13.6 Å². The van der Waals surface area contributed by atoms with Gasteiger partial charge in [-0.25, -0.2) is 8.78 Å². The first-order valence-electron chi connectivity index (χ1n) is 10.1. The van der Waals surface area contributed by atoms with Gasteiger partial charge in [-0.2, -0.15) is 0 Å². The lowest BCUT2D eigenvalue weighted by atomic mass is 9.90. The molecule has 2 aromatic carbocycles. The van der Waals surface area contributed by atoms with Gasteiger partial charge >= 0.3 is 0 Å². The van der Waals surface area contributed by atoms with Crippen LogP contribution in [0.25, 0.3) is 0 Å². The number of halogens is 2. The molecule has 0 aromatic heterocycles. The Morgan fingerprint density at radius 1 is 1.10 bits per heavy atom. The molecule has 1 saturated heterocycles. The molecule has 0 bridgehead atoms. The summed E-state index contributed by atoms with van der Waals surface area (Å²) < 4.78 is 32.4. The van der Waals surface area contributed by atoms with Gasteiger partial charge < -0.3 is 10.1 Å². The largest absolute Gasteiger partial charge is 0.497 e. The van der Waals surface area contributed by atoms with Crippen LogP contribution in [-0.4, -0.2) is 44.1 Å². The zero-order valence-electron chi connectivity index (χ0n) is 16.8. The van der Waals surface area contributed by atoms with Gasteiger partial charge in [0, 0.05) is 12.1 Å². The number of ether oxygens (including phenoxy) is 1. The summed E-state index contributed by atoms with van der Waals surface area (Å²) in [7, 11) is 1.67. The Morgan fingerprint density at radius 2 is 1.76 bits per heavy atom. The van der Waals surface area contributed by atoms with Gasteiger partial charge in [0.1, 0.15) is 17.4 Å². The van der Waals surface area contributed by atoms with Crippen LogP contribution in [0.5, 0.6) is 5.75 Å². The van der Waals surface area contributed by atoms with E-state index >= 15 is 0 Å². The van der Waals surface area contributed by atoms with Gasteiger partial charge in [-0.05, 0) is 74.5 Å². The number of likely N-dealkylation sites (tertiary alicyclic amines) is 1. The maximum atomic E-state index is 13.6. The predicted octanol–water partition coefficient (Wildman–Crippen LogP) is 3.59. The van der Waals surface area contributed by atoms with E-state index in [0.717, 1.165) is 38.1 Å². The Morgan fingerprint density at radius 3 is 2.38 bits per heavy atom. The highest BCUT2D eigenvalue weighted by molar-refractivity contribution is 5.78. The van der Waals surface area contributed by atoms with Crippen LogP contribution in [0.15, 0.2) is 42.5 Å². The van der Waals surface area contributed by atoms with E-state index in [1.54, 1.807) is 7.11 Å². The van der Waals surface area contributed by atoms with Crippen LogP contribution in [0.2, 0.25) is 0 Å². The zero-order valence-corrected chi connectivity index (χ0v) is 16.8. The lowest BCUT2D eigenvalue weighted by molar-refractivity contribution is -0.122. The fourth-order valence-electron chi connectivity index (χ4n) is 3.80. The smallest absolute Gasteiger partial charge is 0.234 e. The van der Waals surface area contributed by atoms with Crippen LogP contribution < -0.4 is 10.1 Å². The van der Waals surface area contributed by atoms with Crippen molar-refractivity contribution in [3.05, 3.63) is 65.2 Å². The third-order valence-electron chi connectivity index (χ3n) is 5.52. The van der Waals surface area contributed by atoms with Crippen molar-refractivity contribution >= 4 is 5.91 Å². The quantitative estimate of drug-likeness (QED) is 0.734. The average Bonchev–Trinajstić information content (AvgIpc) is 2.72. The number of carbonyl (C=O) groups is 1. The summed E-state index contributed by atoms with van der Waals surface area (Å²) in [5, 5.41) is 2.77. The molecule has 0 spiro atoms. The molecule has 1 aliphatic heterocycles. The molecule has 0 aliphatic carbocycles. The molecule has 1 amide bonds. The number of piperidine rings is 1. The molecule has 156 valence electrons. The molecule has 1 aliphatic rings. The summed E-state index contributed by atoms with van der Waals surface area (Å²) in [6, 6.07) is 12.0. The summed E-state index contributed by atoms with van der Waals surface area (Å²) in [6.07, 6.45) is 3.30. The Kier molecular flexibility index (Phi) is 7.58. The lowest BCUT2D eigenvalue weighted by Crippen LogP contribution is -2.42. The normalized spacial score (nSPS) is 15.3. The van der Waals surface area contributed by atoms with Crippen molar-refractivity contribution in [2.45, 2.75) is 25.7 Å². The molecule has 0 unspecified atom stereocenters. The Labute approximate surface area is 170 Å². The standard InChI is InChI=1S/C23H28F2N2O2/c1-29-19-7-5-17(6-8-19)15-18-10-13-27(14-11-18)16-23(28)26-12-9-20-21(24)3-2-4-22(20)25/h2-8,18H,9-16H2,1H3,(H,26,28). The monoisotopic (exact) mass is 402 g/mol. The number of hydrogen-bond donors (Lipinski definition) is 1. The maximum absolute atomic E-state index is 13.6. The molecule has 1 N–H and O–H groups in total. The molecule has 6 heteroatoms. The first-order chi connectivity index (χ1) is 14.0. The van der Waals surface area contributed by atoms with Gasteiger partial charge in [0.25, 0.3) is 0 Å². The van der Waals surface area contributed by atoms with Crippen LogP contribution in [0.4, 0.5) is 8.78 Å². The van der Waals surface area contributed by atoms with Crippen molar-refractivity contribution in [1.82, 2.24) is 10.2 Å². The minimum atomic E-state index is -0.571. The van der Waals surface area contributed by atoms with Crippen molar-refractivity contribution in [3.8, 4) is 5.75 Å². The Balaban J connectivity index is 1.36. The van der Waals surface area contributed by atoms with E-state index in [1.165, 1.54) is 23.8 Å². The maximum Gasteiger partial charge on any atom is 0.234 e. The highest BCUT2D eigenvalue weighted by atomic mass is 19.1. The molecule has 1 heterocycles. The van der Waals surface area contributed by atoms with Crippen LogP contribution in [0.3, 0.4) is 0 Å². The van der Waals surface area contributed by atoms with E-state index in [1.807, 2.05) is 12.1 Å². The van der Waals surface area contributed by atoms with Crippen LogP contribution >= 0.6 is 0 Å². The fourth-order valence-corrected chi connectivity index (χ4v) is 3.80. The third kappa shape index (κ3) is 6.26. The van der Waals surface area contributed by atoms with Gasteiger partial charge in [-0.1, -0.05) is 18.2 Å². The summed E-state index contributed by atoms with van der Waals surface area (Å²) in [5.74, 6) is 0.241. The summed E-state index contributed by atoms with van der Waals surface area (Å²) in [6.45, 7) is 2.33. The number of carbonyl (C=O) groups excluding carboxylic acids is 1. The van der Waals surface area contributed by atoms with Crippen molar-refractivity contribution < 1.29 is 18.3 Å². The second-order valence-corrected chi connectivity index (χ2v) is 7.57. The number of nitrogens with one attached hydrogen (secondary N) is 1. The van der Waals surface area contributed by atoms with Crippen LogP contribution in [0, 0.1) is 17.6 Å². The SMILES string of the molecule is COc1ccc(CC2CCN(CC(=O)NCCc3c(F)cccc3F)CC2)cc1. The number of amides is 1. The second-order valence-electron chi connectivity index (χ2n) is 7.57. The van der Waals surface area contributed by atoms with Crippen molar-refractivity contribution in [2.24, 2.45) is 5.92 Å². The molecular formula is C23H28F2N2O2. The summed E-state index contributed by atoms with van der Waals surface area (Å²) >= 11 is 0. The highest BCUT2D eigenvalue weighted by Gasteiger charge is 2.21. The molecule has 3 rings (SSSR count). The minimum absolute atomic E-state index is 0.0205. The second kappa shape index (κ2) is 10.3. The number of benzene rings is 2. The van der Waals surface area contributed by atoms with Crippen molar-refractivity contribution in [1.29, 1.82) is 0 Å². The minimum Gasteiger partial charge on any atom is -0.497 e. The van der Waals surface area contributed by atoms with E-state index in [4.69, 9.17) is 4.74 Å². The van der Waals surface area contributed by atoms with E-state index in [-0.39, 0.29) is 24.4 Å². The van der Waals surface area contributed by atoms with Gasteiger partial charge in [-0.3, -0.25) is 9.69 Å². The van der Waals surface area contributed by atoms with E-state index in [0.29, 0.717) is 12.5 Å². The fraction of sp³-hybridized carbons (Fsp3) is 0.435. The van der Waals surface area contributed by atoms with E-state index in [2.05, 4.69) is 22.3 Å². The molecule has 29 heavy (non-hydrogen) atoms. The van der Waals surface area contributed by atoms with Gasteiger partial charge in [0.15, 0.2) is 0 Å². The number of hydrogen-bond acceptors (Lipinski definition) is 3.